The molecule has 4 nitrogen and oxygen atoms in total. The maximum absolute atomic E-state index is 12.7. The Morgan fingerprint density at radius 3 is 2.35 bits per heavy atom. The van der Waals surface area contributed by atoms with Gasteiger partial charge in [0, 0.05) is 31.7 Å². The van der Waals surface area contributed by atoms with Crippen LogP contribution in [0.25, 0.3) is 0 Å². The molecule has 0 saturated carbocycles. The molecule has 1 heterocycles. The van der Waals surface area contributed by atoms with Crippen LogP contribution in [-0.4, -0.2) is 54.9 Å². The van der Waals surface area contributed by atoms with Crippen LogP contribution in [0.2, 0.25) is 0 Å². The lowest BCUT2D eigenvalue weighted by molar-refractivity contribution is 0.0640. The van der Waals surface area contributed by atoms with Gasteiger partial charge in [-0.15, -0.1) is 0 Å². The summed E-state index contributed by atoms with van der Waals surface area (Å²) in [6.45, 7) is 5.40. The van der Waals surface area contributed by atoms with Gasteiger partial charge in [-0.2, -0.15) is 5.26 Å². The lowest BCUT2D eigenvalue weighted by Gasteiger charge is -2.38. The second-order valence-corrected chi connectivity index (χ2v) is 5.43. The summed E-state index contributed by atoms with van der Waals surface area (Å²) < 4.78 is 0. The highest BCUT2D eigenvalue weighted by Crippen LogP contribution is 2.18. The summed E-state index contributed by atoms with van der Waals surface area (Å²) in [5, 5.41) is 9.24. The van der Waals surface area contributed by atoms with Crippen LogP contribution in [0, 0.1) is 17.2 Å². The van der Waals surface area contributed by atoms with Crippen LogP contribution >= 0.6 is 0 Å². The average molecular weight is 271 g/mol. The van der Waals surface area contributed by atoms with E-state index in [9.17, 15) is 10.1 Å². The van der Waals surface area contributed by atoms with Crippen molar-refractivity contribution in [1.82, 2.24) is 9.80 Å². The van der Waals surface area contributed by atoms with Gasteiger partial charge in [0.25, 0.3) is 0 Å². The summed E-state index contributed by atoms with van der Waals surface area (Å²) in [6, 6.07) is 11.2. The van der Waals surface area contributed by atoms with Gasteiger partial charge in [-0.05, 0) is 14.0 Å². The van der Waals surface area contributed by atoms with Crippen LogP contribution in [0.3, 0.4) is 0 Å². The Hall–Kier alpha value is -1.70. The molecule has 1 aromatic carbocycles. The second kappa shape index (κ2) is 6.65. The molecule has 1 aromatic rings. The number of rotatable bonds is 4. The van der Waals surface area contributed by atoms with Gasteiger partial charge in [-0.3, -0.25) is 9.69 Å². The first-order valence-electron chi connectivity index (χ1n) is 7.05. The van der Waals surface area contributed by atoms with Gasteiger partial charge in [-0.1, -0.05) is 30.3 Å². The molecule has 20 heavy (non-hydrogen) atoms. The van der Waals surface area contributed by atoms with E-state index in [0.29, 0.717) is 5.56 Å². The Bertz CT molecular complexity index is 486. The van der Waals surface area contributed by atoms with Crippen LogP contribution < -0.4 is 0 Å². The number of hydrogen-bond donors (Lipinski definition) is 0. The molecule has 2 atom stereocenters. The van der Waals surface area contributed by atoms with Crippen molar-refractivity contribution in [2.45, 2.75) is 13.0 Å². The highest BCUT2D eigenvalue weighted by Gasteiger charge is 2.33. The summed E-state index contributed by atoms with van der Waals surface area (Å²) >= 11 is 0. The van der Waals surface area contributed by atoms with E-state index in [1.807, 2.05) is 37.3 Å². The molecular formula is C16H21N3O. The van der Waals surface area contributed by atoms with Gasteiger partial charge in [0.2, 0.25) is 0 Å². The van der Waals surface area contributed by atoms with E-state index >= 15 is 0 Å². The quantitative estimate of drug-likeness (QED) is 0.781. The monoisotopic (exact) mass is 271 g/mol. The van der Waals surface area contributed by atoms with E-state index in [-0.39, 0.29) is 17.7 Å². The third-order valence-electron chi connectivity index (χ3n) is 3.94. The number of carbonyl (C=O) groups is 1. The molecule has 0 N–H and O–H groups in total. The second-order valence-electron chi connectivity index (χ2n) is 5.43. The van der Waals surface area contributed by atoms with Crippen LogP contribution in [0.5, 0.6) is 0 Å². The minimum atomic E-state index is -0.337. The number of Topliss-reactive ketones (excluding diaryl/α,β-unsaturated/α-hetero) is 1. The number of likely N-dealkylation sites (N-methyl/N-ethyl adjacent to an activating group) is 1. The normalized spacial score (nSPS) is 20.1. The first-order valence-corrected chi connectivity index (χ1v) is 7.05. The zero-order valence-electron chi connectivity index (χ0n) is 12.1. The Morgan fingerprint density at radius 1 is 1.20 bits per heavy atom. The fraction of sp³-hybridized carbons (Fsp3) is 0.500. The standard InChI is InChI=1S/C16H21N3O/c1-13(12-17)15(19-10-8-18(2)9-11-19)16(20)14-6-4-3-5-7-14/h3-7,13,15H,8-11H2,1-2H3. The molecule has 0 amide bonds. The van der Waals surface area contributed by atoms with Gasteiger partial charge in [-0.25, -0.2) is 0 Å². The summed E-state index contributed by atoms with van der Waals surface area (Å²) in [4.78, 5) is 17.1. The zero-order valence-corrected chi connectivity index (χ0v) is 12.1. The molecule has 2 rings (SSSR count). The fourth-order valence-corrected chi connectivity index (χ4v) is 2.65. The Kier molecular flexibility index (Phi) is 4.89. The van der Waals surface area contributed by atoms with E-state index in [1.165, 1.54) is 0 Å². The van der Waals surface area contributed by atoms with Gasteiger partial charge >= 0.3 is 0 Å². The van der Waals surface area contributed by atoms with Crippen molar-refractivity contribution in [2.75, 3.05) is 33.2 Å². The van der Waals surface area contributed by atoms with Crippen LogP contribution in [0.1, 0.15) is 17.3 Å². The van der Waals surface area contributed by atoms with Gasteiger partial charge in [0.1, 0.15) is 0 Å². The van der Waals surface area contributed by atoms with Crippen LogP contribution in [-0.2, 0) is 0 Å². The molecule has 1 aliphatic heterocycles. The van der Waals surface area contributed by atoms with Crippen LogP contribution in [0.15, 0.2) is 30.3 Å². The van der Waals surface area contributed by atoms with E-state index in [4.69, 9.17) is 0 Å². The predicted octanol–water partition coefficient (Wildman–Crippen LogP) is 1.64. The lowest BCUT2D eigenvalue weighted by atomic mass is 9.92. The van der Waals surface area contributed by atoms with Crippen LogP contribution in [0.4, 0.5) is 0 Å². The third-order valence-corrected chi connectivity index (χ3v) is 3.94. The number of benzene rings is 1. The Morgan fingerprint density at radius 2 is 1.80 bits per heavy atom. The molecule has 0 aromatic heterocycles. The number of hydrogen-bond acceptors (Lipinski definition) is 4. The van der Waals surface area contributed by atoms with Crippen molar-refractivity contribution < 1.29 is 4.79 Å². The minimum absolute atomic E-state index is 0.0594. The maximum Gasteiger partial charge on any atom is 0.181 e. The maximum atomic E-state index is 12.7. The minimum Gasteiger partial charge on any atom is -0.304 e. The average Bonchev–Trinajstić information content (AvgIpc) is 2.50. The molecule has 1 saturated heterocycles. The summed E-state index contributed by atoms with van der Waals surface area (Å²) in [7, 11) is 2.08. The number of carbonyl (C=O) groups excluding carboxylic acids is 1. The number of nitriles is 1. The smallest absolute Gasteiger partial charge is 0.181 e. The molecule has 0 aliphatic carbocycles. The van der Waals surface area contributed by atoms with Gasteiger partial charge < -0.3 is 4.90 Å². The topological polar surface area (TPSA) is 47.3 Å². The third kappa shape index (κ3) is 3.24. The first-order chi connectivity index (χ1) is 9.63. The summed E-state index contributed by atoms with van der Waals surface area (Å²) in [6.07, 6.45) is 0. The van der Waals surface area contributed by atoms with Crippen molar-refractivity contribution in [3.8, 4) is 6.07 Å². The first kappa shape index (κ1) is 14.7. The number of piperazine rings is 1. The van der Waals surface area contributed by atoms with E-state index in [1.54, 1.807) is 0 Å². The molecule has 0 radical (unpaired) electrons. The van der Waals surface area contributed by atoms with Crippen molar-refractivity contribution in [3.63, 3.8) is 0 Å². The zero-order chi connectivity index (χ0) is 14.5. The highest BCUT2D eigenvalue weighted by atomic mass is 16.1. The van der Waals surface area contributed by atoms with Crippen molar-refractivity contribution in [1.29, 1.82) is 5.26 Å². The summed E-state index contributed by atoms with van der Waals surface area (Å²) in [5.41, 5.74) is 0.693. The van der Waals surface area contributed by atoms with Crippen molar-refractivity contribution >= 4 is 5.78 Å². The number of nitrogens with zero attached hydrogens (tertiary/aromatic N) is 3. The van der Waals surface area contributed by atoms with E-state index < -0.39 is 0 Å². The molecule has 0 spiro atoms. The number of ketones is 1. The van der Waals surface area contributed by atoms with Crippen molar-refractivity contribution in [3.05, 3.63) is 35.9 Å². The Balaban J connectivity index is 2.20. The molecule has 0 bridgehead atoms. The molecule has 1 fully saturated rings. The van der Waals surface area contributed by atoms with E-state index in [2.05, 4.69) is 22.9 Å². The molecule has 2 unspecified atom stereocenters. The summed E-state index contributed by atoms with van der Waals surface area (Å²) in [5.74, 6) is -0.240. The fourth-order valence-electron chi connectivity index (χ4n) is 2.65. The molecule has 106 valence electrons. The molecule has 4 heteroatoms. The lowest BCUT2D eigenvalue weighted by Crippen LogP contribution is -2.53. The van der Waals surface area contributed by atoms with Gasteiger partial charge in [0.05, 0.1) is 18.0 Å². The highest BCUT2D eigenvalue weighted by molar-refractivity contribution is 6.00. The van der Waals surface area contributed by atoms with Gasteiger partial charge in [0.15, 0.2) is 5.78 Å². The van der Waals surface area contributed by atoms with E-state index in [0.717, 1.165) is 26.2 Å². The SMILES string of the molecule is CC(C#N)C(C(=O)c1ccccc1)N1CCN(C)CC1. The predicted molar refractivity (Wildman–Crippen MR) is 78.4 cm³/mol. The largest absolute Gasteiger partial charge is 0.304 e. The molecule has 1 aliphatic rings. The Labute approximate surface area is 120 Å². The van der Waals surface area contributed by atoms with Crippen molar-refractivity contribution in [2.24, 2.45) is 5.92 Å². The molecular weight excluding hydrogens is 250 g/mol.